The van der Waals surface area contributed by atoms with Crippen LogP contribution in [-0.4, -0.2) is 34.5 Å². The van der Waals surface area contributed by atoms with E-state index < -0.39 is 0 Å². The highest BCUT2D eigenvalue weighted by atomic mass is 79.9. The van der Waals surface area contributed by atoms with E-state index in [4.69, 9.17) is 33.8 Å². The van der Waals surface area contributed by atoms with Crippen molar-refractivity contribution >= 4 is 126 Å². The average Bonchev–Trinajstić information content (AvgIpc) is 1.58. The molecule has 0 radical (unpaired) electrons. The number of halogens is 1. The zero-order chi connectivity index (χ0) is 74.0. The van der Waals surface area contributed by atoms with Crippen LogP contribution in [0.3, 0.4) is 0 Å². The summed E-state index contributed by atoms with van der Waals surface area (Å²) in [7, 11) is 0. The lowest BCUT2D eigenvalue weighted by Crippen LogP contribution is -2.15. The van der Waals surface area contributed by atoms with E-state index in [1.165, 1.54) is 121 Å². The molecule has 0 aliphatic heterocycles. The smallest absolute Gasteiger partial charge is 0.231 e. The fourth-order valence-electron chi connectivity index (χ4n) is 18.1. The van der Waals surface area contributed by atoms with Crippen molar-refractivity contribution in [3.63, 3.8) is 0 Å². The maximum Gasteiger partial charge on any atom is 0.231 e. The van der Waals surface area contributed by atoms with Crippen molar-refractivity contribution < 1.29 is 8.83 Å². The van der Waals surface area contributed by atoms with Crippen molar-refractivity contribution in [3.05, 3.63) is 353 Å². The van der Waals surface area contributed by atoms with E-state index in [0.717, 1.165) is 94.2 Å². The first-order chi connectivity index (χ1) is 54.4. The van der Waals surface area contributed by atoms with Crippen LogP contribution in [0.5, 0.6) is 0 Å². The van der Waals surface area contributed by atoms with Crippen LogP contribution in [0.15, 0.2) is 311 Å². The lowest BCUT2D eigenvalue weighted by molar-refractivity contribution is 0.653. The molecule has 7 heterocycles. The van der Waals surface area contributed by atoms with E-state index in [0.29, 0.717) is 23.1 Å². The molecular formula is C101H65BrN7O2+. The number of aromatic nitrogens is 7. The Balaban J connectivity index is 0.000000115. The Morgan fingerprint density at radius 3 is 1.51 bits per heavy atom. The van der Waals surface area contributed by atoms with Gasteiger partial charge in [0, 0.05) is 91.0 Å². The summed E-state index contributed by atoms with van der Waals surface area (Å²) in [5.41, 5.74) is 28.9. The van der Waals surface area contributed by atoms with Crippen LogP contribution in [0.25, 0.3) is 195 Å². The molecule has 4 aliphatic carbocycles. The monoisotopic (exact) mass is 1490 g/mol. The van der Waals surface area contributed by atoms with Gasteiger partial charge in [-0.1, -0.05) is 228 Å². The predicted molar refractivity (Wildman–Crippen MR) is 457 cm³/mol. The number of para-hydroxylation sites is 2. The lowest BCUT2D eigenvalue weighted by Gasteiger charge is -2.21. The van der Waals surface area contributed by atoms with Crippen molar-refractivity contribution in [1.82, 2.24) is 34.5 Å². The topological polar surface area (TPSA) is 109 Å². The minimum Gasteiger partial charge on any atom is -0.438 e. The van der Waals surface area contributed by atoms with Crippen molar-refractivity contribution in [2.75, 3.05) is 0 Å². The van der Waals surface area contributed by atoms with Gasteiger partial charge >= 0.3 is 0 Å². The summed E-state index contributed by atoms with van der Waals surface area (Å²) in [5.74, 6) is 2.11. The molecule has 0 unspecified atom stereocenters. The summed E-state index contributed by atoms with van der Waals surface area (Å²) in [6, 6.07) is 98.9. The number of hydrogen-bond acceptors (Lipinski definition) is 8. The highest BCUT2D eigenvalue weighted by Gasteiger charge is 2.38. The number of allylic oxidation sites excluding steroid dienone is 2. The van der Waals surface area contributed by atoms with Crippen molar-refractivity contribution in [2.24, 2.45) is 0 Å². The zero-order valence-corrected chi connectivity index (χ0v) is 62.6. The van der Waals surface area contributed by atoms with Gasteiger partial charge in [-0.15, -0.1) is 0 Å². The van der Waals surface area contributed by atoms with Gasteiger partial charge in [0.05, 0.1) is 50.4 Å². The van der Waals surface area contributed by atoms with E-state index in [-0.39, 0.29) is 10.8 Å². The first-order valence-electron chi connectivity index (χ1n) is 37.7. The number of rotatable bonds is 5. The van der Waals surface area contributed by atoms with Gasteiger partial charge < -0.3 is 8.83 Å². The third-order valence-corrected chi connectivity index (χ3v) is 24.0. The summed E-state index contributed by atoms with van der Waals surface area (Å²) in [6.07, 6.45) is 14.3. The second kappa shape index (κ2) is 24.7. The lowest BCUT2D eigenvalue weighted by atomic mass is 9.82. The fourth-order valence-corrected chi connectivity index (χ4v) is 18.3. The summed E-state index contributed by atoms with van der Waals surface area (Å²) in [5, 5.41) is 13.6. The first kappa shape index (κ1) is 64.5. The number of pyridine rings is 2. The average molecular weight is 1490 g/mol. The standard InChI is InChI=1S/C50H32N4O.C30H20BrN3O.C21H13/c1-50(2)40-17-9-7-15-35(40)36-22-20-32(26-41(36)50)48-52-46(45-38-16-8-10-18-43(38)55-49(45)53-48)33-21-24-44(51-28-33)54-42-27-31-13-4-3-12-30(31)25-39(42)37-23-19-29-11-5-6-14-34(29)47(37)54;1-30(2)22-9-5-3-7-19(22)20-13-11-17(15-23(20)30)28-33-27(18-12-14-25(31)32-16-18)26-21-8-4-6-10-24(21)35-29(26)34-28;1-2-7-16-12-20-17(11-15(16)6-1)13-21-18-8-4-3-5-14(18)9-10-19(20)21/h3-28H,1-2H3;3-16H,1-2H3;1-2,4-12H,13H2/q;;+1. The van der Waals surface area contributed by atoms with E-state index in [9.17, 15) is 0 Å². The third-order valence-electron chi connectivity index (χ3n) is 23.5. The van der Waals surface area contributed by atoms with Gasteiger partial charge in [-0.3, -0.25) is 4.57 Å². The van der Waals surface area contributed by atoms with Crippen LogP contribution in [0, 0.1) is 6.08 Å². The normalized spacial score (nSPS) is 13.6. The Labute approximate surface area is 647 Å². The molecule has 24 rings (SSSR count). The molecule has 20 aromatic rings. The maximum atomic E-state index is 6.44. The van der Waals surface area contributed by atoms with E-state index >= 15 is 0 Å². The van der Waals surface area contributed by atoms with E-state index in [1.807, 2.05) is 67.0 Å². The zero-order valence-electron chi connectivity index (χ0n) is 61.0. The van der Waals surface area contributed by atoms with Crippen LogP contribution in [0.1, 0.15) is 72.2 Å². The van der Waals surface area contributed by atoms with Gasteiger partial charge in [-0.2, -0.15) is 9.97 Å². The van der Waals surface area contributed by atoms with Crippen LogP contribution in [0.2, 0.25) is 0 Å². The van der Waals surface area contributed by atoms with Gasteiger partial charge in [0.15, 0.2) is 11.6 Å². The highest BCUT2D eigenvalue weighted by Crippen LogP contribution is 2.53. The first-order valence-corrected chi connectivity index (χ1v) is 38.5. The predicted octanol–water partition coefficient (Wildman–Crippen LogP) is 26.2. The summed E-state index contributed by atoms with van der Waals surface area (Å²) in [4.78, 5) is 30.1. The molecule has 10 heteroatoms. The number of fused-ring (bicyclic) bond motifs is 24. The quantitative estimate of drug-likeness (QED) is 0.124. The Morgan fingerprint density at radius 2 is 0.910 bits per heavy atom. The molecule has 0 fully saturated rings. The van der Waals surface area contributed by atoms with Crippen LogP contribution in [-0.2, 0) is 17.3 Å². The number of furan rings is 2. The molecular weight excluding hydrogens is 1420 g/mol. The molecule has 111 heavy (non-hydrogen) atoms. The number of nitrogens with zero attached hydrogens (tertiary/aromatic N) is 7. The van der Waals surface area contributed by atoms with E-state index in [1.54, 1.807) is 0 Å². The molecule has 0 atom stereocenters. The molecule has 0 amide bonds. The second-order valence-corrected chi connectivity index (χ2v) is 31.3. The summed E-state index contributed by atoms with van der Waals surface area (Å²) < 4.78 is 15.7. The summed E-state index contributed by atoms with van der Waals surface area (Å²) >= 11 is 3.44. The molecule has 9 nitrogen and oxygen atoms in total. The minimum atomic E-state index is -0.140. The van der Waals surface area contributed by atoms with Crippen molar-refractivity contribution in [2.45, 2.75) is 44.9 Å². The minimum absolute atomic E-state index is 0.0934. The third kappa shape index (κ3) is 10.2. The molecule has 0 saturated carbocycles. The number of benzene rings is 13. The van der Waals surface area contributed by atoms with Gasteiger partial charge in [-0.25, -0.2) is 19.9 Å². The fraction of sp³-hybridized carbons (Fsp3) is 0.0693. The van der Waals surface area contributed by atoms with E-state index in [2.05, 4.69) is 302 Å². The number of hydrogen-bond donors (Lipinski definition) is 0. The van der Waals surface area contributed by atoms with Crippen molar-refractivity contribution in [3.8, 4) is 84.5 Å². The van der Waals surface area contributed by atoms with Gasteiger partial charge in [0.25, 0.3) is 0 Å². The van der Waals surface area contributed by atoms with Gasteiger partial charge in [0.1, 0.15) is 33.7 Å². The molecule has 4 aliphatic rings. The van der Waals surface area contributed by atoms with Crippen LogP contribution in [0.4, 0.5) is 0 Å². The Kier molecular flexibility index (Phi) is 14.4. The molecule has 13 aromatic carbocycles. The van der Waals surface area contributed by atoms with Crippen LogP contribution < -0.4 is 0 Å². The molecule has 0 spiro atoms. The molecule has 0 N–H and O–H groups in total. The van der Waals surface area contributed by atoms with Crippen LogP contribution >= 0.6 is 15.9 Å². The Hall–Kier alpha value is -13.6. The highest BCUT2D eigenvalue weighted by molar-refractivity contribution is 9.10. The molecule has 0 bridgehead atoms. The summed E-state index contributed by atoms with van der Waals surface area (Å²) in [6.45, 7) is 9.16. The molecule has 7 aromatic heterocycles. The maximum absolute atomic E-state index is 6.44. The van der Waals surface area contributed by atoms with Gasteiger partial charge in [-0.05, 0) is 182 Å². The van der Waals surface area contributed by atoms with Gasteiger partial charge in [0.2, 0.25) is 11.4 Å². The molecule has 522 valence electrons. The largest absolute Gasteiger partial charge is 0.438 e. The SMILES string of the molecule is CC1(C)c2ccccc2-c2ccc(-c3nc(-c4ccc(-n5c6cc7ccccc7cc6c6ccc7ccccc7c65)nc4)c4c(n3)oc3ccccc34)cc21.CC1(C)c2ccccc2-c2ccc(-c3nc(-c4ccc(Br)nc4)c4c(n3)oc3ccccc34)cc21.[C+]1=Cc2ccc3c(c2C=C1)Cc1cc2ccccc2cc1-3. The Bertz CT molecular complexity index is 7440. The molecule has 0 saturated heterocycles. The second-order valence-electron chi connectivity index (χ2n) is 30.5. The van der Waals surface area contributed by atoms with Crippen molar-refractivity contribution in [1.29, 1.82) is 0 Å². The Morgan fingerprint density at radius 1 is 0.396 bits per heavy atom.